The molecule has 0 unspecified atom stereocenters. The summed E-state index contributed by atoms with van der Waals surface area (Å²) in [4.78, 5) is 25.7. The number of rotatable bonds is 6. The number of hydrogen-bond acceptors (Lipinski definition) is 4. The number of aryl methyl sites for hydroxylation is 1. The van der Waals surface area contributed by atoms with Crippen LogP contribution in [0.15, 0.2) is 73.3 Å². The molecule has 2 aromatic carbocycles. The number of halogens is 3. The highest BCUT2D eigenvalue weighted by Crippen LogP contribution is 2.30. The van der Waals surface area contributed by atoms with E-state index in [-0.39, 0.29) is 11.5 Å². The Morgan fingerprint density at radius 3 is 2.65 bits per heavy atom. The molecule has 6 nitrogen and oxygen atoms in total. The quantitative estimate of drug-likeness (QED) is 0.403. The Bertz CT molecular complexity index is 1320. The molecule has 0 aliphatic rings. The SMILES string of the molecule is Cc1nccn1-c1cncc(C[C@@H](C)c2cccc(NC(=O)c3cccc(C(F)(F)F)c3)c2)n1. The van der Waals surface area contributed by atoms with E-state index in [2.05, 4.69) is 20.3 Å². The van der Waals surface area contributed by atoms with Crippen molar-refractivity contribution < 1.29 is 18.0 Å². The van der Waals surface area contributed by atoms with Gasteiger partial charge in [0.15, 0.2) is 5.82 Å². The summed E-state index contributed by atoms with van der Waals surface area (Å²) in [7, 11) is 0. The molecule has 2 heterocycles. The molecule has 0 aliphatic heterocycles. The summed E-state index contributed by atoms with van der Waals surface area (Å²) in [5.41, 5.74) is 1.33. The van der Waals surface area contributed by atoms with E-state index >= 15 is 0 Å². The first-order valence-corrected chi connectivity index (χ1v) is 10.6. The van der Waals surface area contributed by atoms with E-state index in [0.29, 0.717) is 17.9 Å². The Balaban J connectivity index is 1.47. The van der Waals surface area contributed by atoms with Gasteiger partial charge in [-0.3, -0.25) is 14.3 Å². The van der Waals surface area contributed by atoms with Crippen molar-refractivity contribution in [3.05, 3.63) is 102 Å². The third kappa shape index (κ3) is 5.31. The molecule has 0 bridgehead atoms. The summed E-state index contributed by atoms with van der Waals surface area (Å²) in [5, 5.41) is 2.69. The first-order chi connectivity index (χ1) is 16.2. The number of imidazole rings is 1. The minimum Gasteiger partial charge on any atom is -0.322 e. The average Bonchev–Trinajstić information content (AvgIpc) is 3.25. The van der Waals surface area contributed by atoms with E-state index in [0.717, 1.165) is 29.2 Å². The third-order valence-electron chi connectivity index (χ3n) is 5.43. The molecule has 174 valence electrons. The first-order valence-electron chi connectivity index (χ1n) is 10.6. The molecule has 9 heteroatoms. The lowest BCUT2D eigenvalue weighted by Gasteiger charge is -2.14. The molecule has 34 heavy (non-hydrogen) atoms. The molecule has 0 spiro atoms. The van der Waals surface area contributed by atoms with Crippen LogP contribution in [0.25, 0.3) is 5.82 Å². The van der Waals surface area contributed by atoms with Crippen LogP contribution in [0.5, 0.6) is 0 Å². The number of benzene rings is 2. The summed E-state index contributed by atoms with van der Waals surface area (Å²) in [5.74, 6) is 0.939. The zero-order valence-electron chi connectivity index (χ0n) is 18.5. The van der Waals surface area contributed by atoms with Crippen LogP contribution in [0.2, 0.25) is 0 Å². The number of nitrogens with one attached hydrogen (secondary N) is 1. The van der Waals surface area contributed by atoms with Gasteiger partial charge in [0.2, 0.25) is 0 Å². The number of amides is 1. The average molecular weight is 465 g/mol. The highest BCUT2D eigenvalue weighted by molar-refractivity contribution is 6.04. The maximum Gasteiger partial charge on any atom is 0.416 e. The van der Waals surface area contributed by atoms with E-state index in [1.165, 1.54) is 12.1 Å². The molecule has 0 aliphatic carbocycles. The van der Waals surface area contributed by atoms with E-state index in [4.69, 9.17) is 0 Å². The fourth-order valence-corrected chi connectivity index (χ4v) is 3.62. The summed E-state index contributed by atoms with van der Waals surface area (Å²) in [6.45, 7) is 3.92. The van der Waals surface area contributed by atoms with Crippen molar-refractivity contribution in [1.82, 2.24) is 19.5 Å². The van der Waals surface area contributed by atoms with Crippen LogP contribution >= 0.6 is 0 Å². The largest absolute Gasteiger partial charge is 0.416 e. The fraction of sp³-hybridized carbons (Fsp3) is 0.200. The summed E-state index contributed by atoms with van der Waals surface area (Å²) < 4.78 is 40.7. The molecule has 4 aromatic rings. The Kier molecular flexibility index (Phi) is 6.45. The Morgan fingerprint density at radius 1 is 1.12 bits per heavy atom. The van der Waals surface area contributed by atoms with Gasteiger partial charge in [0, 0.05) is 29.8 Å². The fourth-order valence-electron chi connectivity index (χ4n) is 3.62. The molecule has 1 N–H and O–H groups in total. The van der Waals surface area contributed by atoms with Gasteiger partial charge in [0.1, 0.15) is 5.82 Å². The second kappa shape index (κ2) is 9.46. The Labute approximate surface area is 194 Å². The minimum absolute atomic E-state index is 0.0545. The van der Waals surface area contributed by atoms with E-state index in [1.54, 1.807) is 30.7 Å². The second-order valence-electron chi connectivity index (χ2n) is 7.98. The molecule has 0 fully saturated rings. The van der Waals surface area contributed by atoms with Gasteiger partial charge in [-0.1, -0.05) is 25.1 Å². The molecule has 4 rings (SSSR count). The zero-order valence-corrected chi connectivity index (χ0v) is 18.5. The Hall–Kier alpha value is -4.01. The number of anilines is 1. The predicted molar refractivity (Wildman–Crippen MR) is 122 cm³/mol. The number of nitrogens with zero attached hydrogens (tertiary/aromatic N) is 4. The van der Waals surface area contributed by atoms with E-state index < -0.39 is 17.6 Å². The van der Waals surface area contributed by atoms with Crippen LogP contribution < -0.4 is 5.32 Å². The minimum atomic E-state index is -4.51. The van der Waals surface area contributed by atoms with Gasteiger partial charge in [-0.05, 0) is 55.2 Å². The van der Waals surface area contributed by atoms with Gasteiger partial charge in [0.05, 0.1) is 17.5 Å². The van der Waals surface area contributed by atoms with Crippen LogP contribution in [-0.4, -0.2) is 25.4 Å². The van der Waals surface area contributed by atoms with Gasteiger partial charge in [-0.15, -0.1) is 0 Å². The third-order valence-corrected chi connectivity index (χ3v) is 5.43. The van der Waals surface area contributed by atoms with Crippen molar-refractivity contribution in [2.75, 3.05) is 5.32 Å². The first kappa shape index (κ1) is 23.2. The lowest BCUT2D eigenvalue weighted by Crippen LogP contribution is -2.14. The van der Waals surface area contributed by atoms with Crippen molar-refractivity contribution in [3.63, 3.8) is 0 Å². The molecule has 1 amide bonds. The van der Waals surface area contributed by atoms with Gasteiger partial charge in [-0.2, -0.15) is 13.2 Å². The maximum atomic E-state index is 13.0. The number of aromatic nitrogens is 4. The van der Waals surface area contributed by atoms with Crippen LogP contribution in [0, 0.1) is 6.92 Å². The zero-order chi connectivity index (χ0) is 24.3. The predicted octanol–water partition coefficient (Wildman–Crippen LogP) is 5.59. The standard InChI is InChI=1S/C25H22F3N5O/c1-16(11-22-14-29-15-23(31-22)33-10-9-30-17(33)2)18-5-4-8-21(13-18)32-24(34)19-6-3-7-20(12-19)25(26,27)28/h3-10,12-16H,11H2,1-2H3,(H,32,34)/t16-/m1/s1. The normalized spacial score (nSPS) is 12.4. The molecule has 0 saturated carbocycles. The van der Waals surface area contributed by atoms with Crippen LogP contribution in [-0.2, 0) is 12.6 Å². The van der Waals surface area contributed by atoms with Crippen LogP contribution in [0.4, 0.5) is 18.9 Å². The highest BCUT2D eigenvalue weighted by Gasteiger charge is 2.30. The number of carbonyl (C=O) groups is 1. The Morgan fingerprint density at radius 2 is 1.91 bits per heavy atom. The van der Waals surface area contributed by atoms with Gasteiger partial charge in [-0.25, -0.2) is 9.97 Å². The van der Waals surface area contributed by atoms with E-state index in [1.807, 2.05) is 36.7 Å². The summed E-state index contributed by atoms with van der Waals surface area (Å²) in [6, 6.07) is 11.6. The molecule has 0 radical (unpaired) electrons. The molecule has 0 saturated heterocycles. The monoisotopic (exact) mass is 465 g/mol. The van der Waals surface area contributed by atoms with Crippen molar-refractivity contribution in [2.45, 2.75) is 32.4 Å². The second-order valence-corrected chi connectivity index (χ2v) is 7.98. The van der Waals surface area contributed by atoms with Gasteiger partial charge < -0.3 is 5.32 Å². The maximum absolute atomic E-state index is 13.0. The van der Waals surface area contributed by atoms with Crippen molar-refractivity contribution in [2.24, 2.45) is 0 Å². The molecule has 2 aromatic heterocycles. The van der Waals surface area contributed by atoms with Crippen molar-refractivity contribution in [1.29, 1.82) is 0 Å². The summed E-state index contributed by atoms with van der Waals surface area (Å²) >= 11 is 0. The highest BCUT2D eigenvalue weighted by atomic mass is 19.4. The molecule has 1 atom stereocenters. The van der Waals surface area contributed by atoms with Crippen molar-refractivity contribution >= 4 is 11.6 Å². The van der Waals surface area contributed by atoms with Crippen molar-refractivity contribution in [3.8, 4) is 5.82 Å². The summed E-state index contributed by atoms with van der Waals surface area (Å²) in [6.07, 6.45) is 3.01. The lowest BCUT2D eigenvalue weighted by atomic mass is 9.96. The lowest BCUT2D eigenvalue weighted by molar-refractivity contribution is -0.137. The van der Waals surface area contributed by atoms with Gasteiger partial charge >= 0.3 is 6.18 Å². The van der Waals surface area contributed by atoms with Crippen LogP contribution in [0.1, 0.15) is 45.8 Å². The number of carbonyl (C=O) groups excluding carboxylic acids is 1. The van der Waals surface area contributed by atoms with E-state index in [9.17, 15) is 18.0 Å². The van der Waals surface area contributed by atoms with Gasteiger partial charge in [0.25, 0.3) is 5.91 Å². The smallest absolute Gasteiger partial charge is 0.322 e. The molecular formula is C25H22F3N5O. The van der Waals surface area contributed by atoms with Crippen LogP contribution in [0.3, 0.4) is 0 Å². The number of alkyl halides is 3. The topological polar surface area (TPSA) is 72.7 Å². The molecular weight excluding hydrogens is 443 g/mol. The number of hydrogen-bond donors (Lipinski definition) is 1.